The highest BCUT2D eigenvalue weighted by atomic mass is 19.1. The molecular weight excluding hydrogens is 326 g/mol. The molecule has 0 bridgehead atoms. The Bertz CT molecular complexity index is 717. The van der Waals surface area contributed by atoms with Crippen molar-refractivity contribution in [1.29, 1.82) is 0 Å². The summed E-state index contributed by atoms with van der Waals surface area (Å²) >= 11 is 0. The lowest BCUT2D eigenvalue weighted by Gasteiger charge is -2.35. The van der Waals surface area contributed by atoms with E-state index >= 15 is 0 Å². The van der Waals surface area contributed by atoms with Crippen molar-refractivity contribution in [3.8, 4) is 0 Å². The molecule has 1 fully saturated rings. The summed E-state index contributed by atoms with van der Waals surface area (Å²) < 4.78 is 54.4. The van der Waals surface area contributed by atoms with Crippen molar-refractivity contribution in [2.45, 2.75) is 24.5 Å². The molecule has 0 spiro atoms. The van der Waals surface area contributed by atoms with Crippen molar-refractivity contribution in [1.82, 2.24) is 5.32 Å². The zero-order valence-corrected chi connectivity index (χ0v) is 12.3. The van der Waals surface area contributed by atoms with Crippen molar-refractivity contribution in [3.63, 3.8) is 0 Å². The summed E-state index contributed by atoms with van der Waals surface area (Å²) in [6, 6.07) is 3.74. The van der Waals surface area contributed by atoms with E-state index in [1.165, 1.54) is 0 Å². The molecule has 3 rings (SSSR count). The van der Waals surface area contributed by atoms with Crippen LogP contribution in [-0.4, -0.2) is 17.1 Å². The van der Waals surface area contributed by atoms with Crippen LogP contribution in [0, 0.1) is 23.3 Å². The molecule has 1 heterocycles. The highest BCUT2D eigenvalue weighted by Crippen LogP contribution is 2.38. The summed E-state index contributed by atoms with van der Waals surface area (Å²) in [7, 11) is 0. The summed E-state index contributed by atoms with van der Waals surface area (Å²) in [5.41, 5.74) is -2.66. The van der Waals surface area contributed by atoms with Gasteiger partial charge >= 0.3 is 0 Å². The van der Waals surface area contributed by atoms with E-state index in [4.69, 9.17) is 0 Å². The fourth-order valence-corrected chi connectivity index (χ4v) is 3.04. The van der Waals surface area contributed by atoms with Gasteiger partial charge in [0.05, 0.1) is 6.04 Å². The second-order valence-electron chi connectivity index (χ2n) is 5.74. The molecule has 1 aliphatic heterocycles. The third-order valence-corrected chi connectivity index (χ3v) is 4.10. The van der Waals surface area contributed by atoms with Crippen molar-refractivity contribution in [3.05, 3.63) is 70.8 Å². The summed E-state index contributed by atoms with van der Waals surface area (Å²) in [6.07, 6.45) is 0.230. The van der Waals surface area contributed by atoms with Crippen LogP contribution in [0.1, 0.15) is 24.0 Å². The standard InChI is InChI=1S/C17H13F4NO2/c18-11-3-9(4-12(19)7-11)17(24,15-1-2-16(23)22-15)10-5-13(20)8-14(21)6-10/h3-8,15,24H,1-2H2,(H,22,23)/t15-/m1/s1. The number of aliphatic hydroxyl groups is 1. The fraction of sp³-hybridized carbons (Fsp3) is 0.235. The Morgan fingerprint density at radius 3 is 1.62 bits per heavy atom. The fourth-order valence-electron chi connectivity index (χ4n) is 3.04. The van der Waals surface area contributed by atoms with Gasteiger partial charge in [-0.1, -0.05) is 0 Å². The monoisotopic (exact) mass is 339 g/mol. The van der Waals surface area contributed by atoms with E-state index in [2.05, 4.69) is 5.32 Å². The zero-order chi connectivity index (χ0) is 17.5. The minimum Gasteiger partial charge on any atom is -0.378 e. The minimum atomic E-state index is -2.18. The molecule has 0 saturated carbocycles. The largest absolute Gasteiger partial charge is 0.378 e. The van der Waals surface area contributed by atoms with Crippen LogP contribution in [0.3, 0.4) is 0 Å². The third kappa shape index (κ3) is 2.87. The van der Waals surface area contributed by atoms with Gasteiger partial charge in [0.15, 0.2) is 0 Å². The van der Waals surface area contributed by atoms with Crippen LogP contribution in [-0.2, 0) is 10.4 Å². The SMILES string of the molecule is O=C1CC[C@H](C(O)(c2cc(F)cc(F)c2)c2cc(F)cc(F)c2)N1. The number of hydrogen-bond donors (Lipinski definition) is 2. The van der Waals surface area contributed by atoms with E-state index in [9.17, 15) is 27.5 Å². The van der Waals surface area contributed by atoms with Crippen molar-refractivity contribution < 1.29 is 27.5 Å². The van der Waals surface area contributed by atoms with Gasteiger partial charge in [0.25, 0.3) is 0 Å². The Morgan fingerprint density at radius 1 is 0.875 bits per heavy atom. The predicted octanol–water partition coefficient (Wildman–Crippen LogP) is 2.76. The molecule has 1 aliphatic rings. The molecule has 1 atom stereocenters. The lowest BCUT2D eigenvalue weighted by Crippen LogP contribution is -2.47. The molecule has 1 saturated heterocycles. The van der Waals surface area contributed by atoms with Crippen LogP contribution in [0.2, 0.25) is 0 Å². The first-order valence-corrected chi connectivity index (χ1v) is 7.24. The van der Waals surface area contributed by atoms with Crippen LogP contribution in [0.4, 0.5) is 17.6 Å². The molecule has 7 heteroatoms. The molecular formula is C17H13F4NO2. The van der Waals surface area contributed by atoms with Gasteiger partial charge in [-0.3, -0.25) is 4.79 Å². The Labute approximate surface area is 134 Å². The Balaban J connectivity index is 2.22. The van der Waals surface area contributed by atoms with Gasteiger partial charge in [0.1, 0.15) is 28.9 Å². The molecule has 2 N–H and O–H groups in total. The second-order valence-corrected chi connectivity index (χ2v) is 5.74. The summed E-state index contributed by atoms with van der Waals surface area (Å²) in [5.74, 6) is -4.18. The van der Waals surface area contributed by atoms with Gasteiger partial charge in [0.2, 0.25) is 5.91 Å². The van der Waals surface area contributed by atoms with Gasteiger partial charge in [-0.25, -0.2) is 17.6 Å². The smallest absolute Gasteiger partial charge is 0.220 e. The van der Waals surface area contributed by atoms with Gasteiger partial charge in [0, 0.05) is 18.6 Å². The lowest BCUT2D eigenvalue weighted by molar-refractivity contribution is -0.120. The average Bonchev–Trinajstić information content (AvgIpc) is 2.91. The number of nitrogens with one attached hydrogen (secondary N) is 1. The molecule has 0 unspecified atom stereocenters. The molecule has 0 aromatic heterocycles. The van der Waals surface area contributed by atoms with E-state index in [1.54, 1.807) is 0 Å². The van der Waals surface area contributed by atoms with E-state index in [1.807, 2.05) is 0 Å². The summed E-state index contributed by atoms with van der Waals surface area (Å²) in [4.78, 5) is 11.5. The molecule has 2 aromatic carbocycles. The molecule has 1 amide bonds. The first-order chi connectivity index (χ1) is 11.3. The molecule has 0 radical (unpaired) electrons. The maximum absolute atomic E-state index is 13.6. The molecule has 24 heavy (non-hydrogen) atoms. The van der Waals surface area contributed by atoms with Crippen LogP contribution >= 0.6 is 0 Å². The Morgan fingerprint density at radius 2 is 1.29 bits per heavy atom. The first-order valence-electron chi connectivity index (χ1n) is 7.24. The van der Waals surface area contributed by atoms with E-state index in [0.29, 0.717) is 12.1 Å². The normalized spacial score (nSPS) is 17.9. The van der Waals surface area contributed by atoms with Crippen LogP contribution in [0.15, 0.2) is 36.4 Å². The predicted molar refractivity (Wildman–Crippen MR) is 76.9 cm³/mol. The van der Waals surface area contributed by atoms with Crippen LogP contribution < -0.4 is 5.32 Å². The number of benzene rings is 2. The van der Waals surface area contributed by atoms with E-state index in [0.717, 1.165) is 24.3 Å². The third-order valence-electron chi connectivity index (χ3n) is 4.10. The molecule has 0 aliphatic carbocycles. The number of hydrogen-bond acceptors (Lipinski definition) is 2. The number of rotatable bonds is 3. The van der Waals surface area contributed by atoms with E-state index in [-0.39, 0.29) is 29.9 Å². The van der Waals surface area contributed by atoms with Gasteiger partial charge in [-0.05, 0) is 41.8 Å². The molecule has 3 nitrogen and oxygen atoms in total. The topological polar surface area (TPSA) is 49.3 Å². The number of carbonyl (C=O) groups excluding carboxylic acids is 1. The van der Waals surface area contributed by atoms with Gasteiger partial charge in [-0.2, -0.15) is 0 Å². The summed E-state index contributed by atoms with van der Waals surface area (Å²) in [6.45, 7) is 0. The summed E-state index contributed by atoms with van der Waals surface area (Å²) in [5, 5.41) is 13.7. The lowest BCUT2D eigenvalue weighted by atomic mass is 9.79. The quantitative estimate of drug-likeness (QED) is 0.845. The van der Waals surface area contributed by atoms with Gasteiger partial charge in [-0.15, -0.1) is 0 Å². The van der Waals surface area contributed by atoms with E-state index < -0.39 is 34.9 Å². The Hall–Kier alpha value is -2.41. The first kappa shape index (κ1) is 16.4. The van der Waals surface area contributed by atoms with Crippen LogP contribution in [0.5, 0.6) is 0 Å². The number of amides is 1. The highest BCUT2D eigenvalue weighted by Gasteiger charge is 2.44. The second kappa shape index (κ2) is 5.90. The highest BCUT2D eigenvalue weighted by molar-refractivity contribution is 5.79. The number of carbonyl (C=O) groups is 1. The molecule has 126 valence electrons. The average molecular weight is 339 g/mol. The maximum atomic E-state index is 13.6. The minimum absolute atomic E-state index is 0.0859. The van der Waals surface area contributed by atoms with Crippen LogP contribution in [0.25, 0.3) is 0 Å². The Kier molecular flexibility index (Phi) is 4.04. The van der Waals surface area contributed by atoms with Gasteiger partial charge < -0.3 is 10.4 Å². The van der Waals surface area contributed by atoms with Crippen molar-refractivity contribution >= 4 is 5.91 Å². The number of halogens is 4. The maximum Gasteiger partial charge on any atom is 0.220 e. The zero-order valence-electron chi connectivity index (χ0n) is 12.3. The van der Waals surface area contributed by atoms with Crippen molar-refractivity contribution in [2.75, 3.05) is 0 Å². The van der Waals surface area contributed by atoms with Crippen molar-refractivity contribution in [2.24, 2.45) is 0 Å². The molecule has 2 aromatic rings.